The molecule has 0 fully saturated rings. The van der Waals surface area contributed by atoms with Gasteiger partial charge in [-0.2, -0.15) is 11.8 Å². The van der Waals surface area contributed by atoms with Crippen LogP contribution in [0.25, 0.3) is 21.8 Å². The van der Waals surface area contributed by atoms with Crippen molar-refractivity contribution in [2.45, 2.75) is 31.8 Å². The summed E-state index contributed by atoms with van der Waals surface area (Å²) in [6.07, 6.45) is 5.96. The molecule has 4 rings (SSSR count). The van der Waals surface area contributed by atoms with Gasteiger partial charge in [-0.05, 0) is 49.0 Å². The van der Waals surface area contributed by atoms with Gasteiger partial charge in [-0.3, -0.25) is 4.79 Å². The lowest BCUT2D eigenvalue weighted by atomic mass is 10.1. The molecular weight excluding hydrogens is 434 g/mol. The maximum absolute atomic E-state index is 12.8. The zero-order valence-corrected chi connectivity index (χ0v) is 19.3. The highest BCUT2D eigenvalue weighted by Gasteiger charge is 2.22. The van der Waals surface area contributed by atoms with E-state index in [1.165, 1.54) is 5.56 Å². The van der Waals surface area contributed by atoms with Gasteiger partial charge in [-0.15, -0.1) is 0 Å². The van der Waals surface area contributed by atoms with Crippen LogP contribution in [0, 0.1) is 0 Å². The van der Waals surface area contributed by atoms with E-state index in [1.54, 1.807) is 24.0 Å². The molecule has 0 saturated carbocycles. The summed E-state index contributed by atoms with van der Waals surface area (Å²) in [6.45, 7) is 0.835. The highest BCUT2D eigenvalue weighted by molar-refractivity contribution is 7.98. The minimum absolute atomic E-state index is 0.227. The highest BCUT2D eigenvalue weighted by atomic mass is 32.2. The highest BCUT2D eigenvalue weighted by Crippen LogP contribution is 2.29. The van der Waals surface area contributed by atoms with E-state index in [-0.39, 0.29) is 5.69 Å². The smallest absolute Gasteiger partial charge is 0.326 e. The van der Waals surface area contributed by atoms with Crippen LogP contribution in [-0.4, -0.2) is 44.6 Å². The Morgan fingerprint density at radius 3 is 2.58 bits per heavy atom. The van der Waals surface area contributed by atoms with E-state index in [2.05, 4.69) is 45.2 Å². The number of carbonyl (C=O) groups excluding carboxylic acids is 1. The quantitative estimate of drug-likeness (QED) is 0.356. The molecule has 6 nitrogen and oxygen atoms in total. The maximum atomic E-state index is 12.8. The van der Waals surface area contributed by atoms with Gasteiger partial charge in [0.25, 0.3) is 5.91 Å². The van der Waals surface area contributed by atoms with E-state index in [4.69, 9.17) is 0 Å². The molecule has 4 aromatic rings. The number of aryl methyl sites for hydroxylation is 2. The average Bonchev–Trinajstić information content (AvgIpc) is 3.15. The minimum Gasteiger partial charge on any atom is -0.480 e. The number of hydrogen-bond donors (Lipinski definition) is 2. The number of amides is 1. The van der Waals surface area contributed by atoms with Crippen molar-refractivity contribution in [1.82, 2.24) is 14.9 Å². The monoisotopic (exact) mass is 461 g/mol. The topological polar surface area (TPSA) is 84.2 Å². The number of thioether (sulfide) groups is 1. The standard InChI is InChI=1S/C26H27N3O3S/c1-33-15-13-21(26(31)32)28-25(30)22-16-20-19-11-5-6-12-23(19)29(24(20)17-27-22)14-7-10-18-8-3-2-4-9-18/h2-6,8-9,11-12,16-17,21H,7,10,13-15H2,1H3,(H,28,30)(H,31,32)/t21-/m0/s1. The fourth-order valence-corrected chi connectivity index (χ4v) is 4.59. The molecule has 0 bridgehead atoms. The van der Waals surface area contributed by atoms with Crippen LogP contribution in [0.15, 0.2) is 66.9 Å². The van der Waals surface area contributed by atoms with Gasteiger partial charge in [0, 0.05) is 22.8 Å². The average molecular weight is 462 g/mol. The number of pyridine rings is 1. The van der Waals surface area contributed by atoms with E-state index in [0.29, 0.717) is 12.2 Å². The summed E-state index contributed by atoms with van der Waals surface area (Å²) in [5, 5.41) is 14.0. The third-order valence-electron chi connectivity index (χ3n) is 5.80. The number of nitrogens with zero attached hydrogens (tertiary/aromatic N) is 2. The van der Waals surface area contributed by atoms with E-state index < -0.39 is 17.9 Å². The van der Waals surface area contributed by atoms with E-state index in [1.807, 2.05) is 30.5 Å². The number of fused-ring (bicyclic) bond motifs is 3. The SMILES string of the molecule is CSCC[C@H](NC(=O)c1cc2c3ccccc3n(CCCc3ccccc3)c2cn1)C(=O)O. The zero-order chi connectivity index (χ0) is 23.2. The summed E-state index contributed by atoms with van der Waals surface area (Å²) in [7, 11) is 0. The Hall–Kier alpha value is -3.32. The van der Waals surface area contributed by atoms with Gasteiger partial charge in [0.2, 0.25) is 0 Å². The Kier molecular flexibility index (Phi) is 7.29. The molecular formula is C26H27N3O3S. The fraction of sp³-hybridized carbons (Fsp3) is 0.269. The molecule has 0 aliphatic carbocycles. The number of carboxylic acid groups (broad SMARTS) is 1. The van der Waals surface area contributed by atoms with Crippen LogP contribution in [0.4, 0.5) is 0 Å². The molecule has 0 aliphatic rings. The van der Waals surface area contributed by atoms with Gasteiger partial charge in [0.05, 0.1) is 11.7 Å². The summed E-state index contributed by atoms with van der Waals surface area (Å²) in [5.41, 5.74) is 3.61. The third-order valence-corrected chi connectivity index (χ3v) is 6.44. The van der Waals surface area contributed by atoms with Crippen molar-refractivity contribution in [3.8, 4) is 0 Å². The van der Waals surface area contributed by atoms with Crippen LogP contribution in [0.1, 0.15) is 28.9 Å². The van der Waals surface area contributed by atoms with Crippen LogP contribution in [0.2, 0.25) is 0 Å². The summed E-state index contributed by atoms with van der Waals surface area (Å²) in [6, 6.07) is 19.4. The van der Waals surface area contributed by atoms with Crippen molar-refractivity contribution >= 4 is 45.4 Å². The van der Waals surface area contributed by atoms with Crippen molar-refractivity contribution < 1.29 is 14.7 Å². The number of benzene rings is 2. The number of carboxylic acids is 1. The van der Waals surface area contributed by atoms with Crippen molar-refractivity contribution in [2.75, 3.05) is 12.0 Å². The van der Waals surface area contributed by atoms with Crippen molar-refractivity contribution in [3.05, 3.63) is 78.1 Å². The molecule has 2 N–H and O–H groups in total. The van der Waals surface area contributed by atoms with Crippen molar-refractivity contribution in [1.29, 1.82) is 0 Å². The lowest BCUT2D eigenvalue weighted by Gasteiger charge is -2.13. The molecule has 170 valence electrons. The second kappa shape index (κ2) is 10.5. The van der Waals surface area contributed by atoms with Gasteiger partial charge in [0.1, 0.15) is 11.7 Å². The van der Waals surface area contributed by atoms with Gasteiger partial charge in [0.15, 0.2) is 0 Å². The van der Waals surface area contributed by atoms with Crippen LogP contribution >= 0.6 is 11.8 Å². The maximum Gasteiger partial charge on any atom is 0.326 e. The molecule has 2 aromatic heterocycles. The first-order valence-electron chi connectivity index (χ1n) is 11.0. The van der Waals surface area contributed by atoms with E-state index in [9.17, 15) is 14.7 Å². The molecule has 7 heteroatoms. The first kappa shape index (κ1) is 22.9. The summed E-state index contributed by atoms with van der Waals surface area (Å²) in [4.78, 5) is 28.7. The Morgan fingerprint density at radius 2 is 1.82 bits per heavy atom. The Morgan fingerprint density at radius 1 is 1.06 bits per heavy atom. The minimum atomic E-state index is -1.03. The van der Waals surface area contributed by atoms with Gasteiger partial charge < -0.3 is 15.0 Å². The first-order chi connectivity index (χ1) is 16.1. The predicted molar refractivity (Wildman–Crippen MR) is 134 cm³/mol. The molecule has 0 spiro atoms. The summed E-state index contributed by atoms with van der Waals surface area (Å²) in [5.74, 6) is -0.847. The predicted octanol–water partition coefficient (Wildman–Crippen LogP) is 4.76. The largest absolute Gasteiger partial charge is 0.480 e. The number of para-hydroxylation sites is 1. The van der Waals surface area contributed by atoms with E-state index in [0.717, 1.165) is 41.2 Å². The first-order valence-corrected chi connectivity index (χ1v) is 12.4. The molecule has 1 atom stereocenters. The zero-order valence-electron chi connectivity index (χ0n) is 18.5. The molecule has 0 aliphatic heterocycles. The number of aromatic nitrogens is 2. The van der Waals surface area contributed by atoms with Crippen molar-refractivity contribution in [2.24, 2.45) is 0 Å². The number of rotatable bonds is 10. The number of hydrogen-bond acceptors (Lipinski definition) is 4. The van der Waals surface area contributed by atoms with Gasteiger partial charge >= 0.3 is 5.97 Å². The normalized spacial score (nSPS) is 12.2. The third kappa shape index (κ3) is 5.20. The van der Waals surface area contributed by atoms with Crippen molar-refractivity contribution in [3.63, 3.8) is 0 Å². The number of carbonyl (C=O) groups is 2. The van der Waals surface area contributed by atoms with Crippen LogP contribution < -0.4 is 5.32 Å². The van der Waals surface area contributed by atoms with Gasteiger partial charge in [-0.25, -0.2) is 9.78 Å². The van der Waals surface area contributed by atoms with Gasteiger partial charge in [-0.1, -0.05) is 48.5 Å². The van der Waals surface area contributed by atoms with E-state index >= 15 is 0 Å². The van der Waals surface area contributed by atoms with Crippen LogP contribution in [0.5, 0.6) is 0 Å². The molecule has 2 aromatic carbocycles. The molecule has 1 amide bonds. The second-order valence-corrected chi connectivity index (χ2v) is 8.98. The molecule has 0 saturated heterocycles. The second-order valence-electron chi connectivity index (χ2n) is 7.99. The van der Waals surface area contributed by atoms with Crippen LogP contribution in [0.3, 0.4) is 0 Å². The lowest BCUT2D eigenvalue weighted by Crippen LogP contribution is -2.41. The summed E-state index contributed by atoms with van der Waals surface area (Å²) < 4.78 is 2.25. The molecule has 0 radical (unpaired) electrons. The Labute approximate surface area is 197 Å². The molecule has 2 heterocycles. The Bertz CT molecular complexity index is 1270. The lowest BCUT2D eigenvalue weighted by molar-refractivity contribution is -0.139. The Balaban J connectivity index is 1.60. The number of aliphatic carboxylic acids is 1. The van der Waals surface area contributed by atoms with Crippen LogP contribution in [-0.2, 0) is 17.8 Å². The fourth-order valence-electron chi connectivity index (χ4n) is 4.12. The molecule has 0 unspecified atom stereocenters. The molecule has 33 heavy (non-hydrogen) atoms. The summed E-state index contributed by atoms with van der Waals surface area (Å²) >= 11 is 1.55. The number of nitrogens with one attached hydrogen (secondary N) is 1.